The van der Waals surface area contributed by atoms with Gasteiger partial charge in [0.2, 0.25) is 0 Å². The number of hydrogen-bond acceptors (Lipinski definition) is 4. The Morgan fingerprint density at radius 2 is 2.15 bits per heavy atom. The lowest BCUT2D eigenvalue weighted by atomic mass is 10.2. The van der Waals surface area contributed by atoms with Gasteiger partial charge in [-0.1, -0.05) is 18.5 Å². The van der Waals surface area contributed by atoms with E-state index in [9.17, 15) is 14.0 Å². The van der Waals surface area contributed by atoms with Crippen LogP contribution in [0.2, 0.25) is 5.15 Å². The minimum Gasteiger partial charge on any atom is -0.465 e. The molecule has 110 valence electrons. The Morgan fingerprint density at radius 3 is 2.75 bits per heavy atom. The van der Waals surface area contributed by atoms with Gasteiger partial charge in [-0.2, -0.15) is 0 Å². The quantitative estimate of drug-likeness (QED) is 0.597. The van der Waals surface area contributed by atoms with Crippen molar-refractivity contribution in [3.8, 4) is 0 Å². The maximum Gasteiger partial charge on any atom is 0.325 e. The van der Waals surface area contributed by atoms with Crippen LogP contribution in [-0.2, 0) is 9.53 Å². The second-order valence-electron chi connectivity index (χ2n) is 4.02. The van der Waals surface area contributed by atoms with Crippen LogP contribution in [0.5, 0.6) is 0 Å². The first kappa shape index (κ1) is 16.4. The Balaban J connectivity index is 2.93. The molecule has 1 amide bonds. The molecule has 1 heterocycles. The van der Waals surface area contributed by atoms with Gasteiger partial charge in [0, 0.05) is 6.54 Å². The van der Waals surface area contributed by atoms with Gasteiger partial charge in [-0.3, -0.25) is 9.59 Å². The fourth-order valence-corrected chi connectivity index (χ4v) is 1.81. The molecule has 0 aliphatic carbocycles. The van der Waals surface area contributed by atoms with Gasteiger partial charge in [0.25, 0.3) is 5.91 Å². The highest BCUT2D eigenvalue weighted by Crippen LogP contribution is 2.16. The van der Waals surface area contributed by atoms with Crippen LogP contribution in [0, 0.1) is 5.82 Å². The Morgan fingerprint density at radius 1 is 1.45 bits per heavy atom. The second-order valence-corrected chi connectivity index (χ2v) is 4.38. The topological polar surface area (TPSA) is 59.5 Å². The van der Waals surface area contributed by atoms with E-state index in [1.807, 2.05) is 6.92 Å². The van der Waals surface area contributed by atoms with Crippen molar-refractivity contribution in [3.05, 3.63) is 28.8 Å². The third-order valence-electron chi connectivity index (χ3n) is 2.44. The van der Waals surface area contributed by atoms with Crippen LogP contribution >= 0.6 is 11.6 Å². The van der Waals surface area contributed by atoms with Crippen LogP contribution in [0.4, 0.5) is 4.39 Å². The lowest BCUT2D eigenvalue weighted by Gasteiger charge is -2.21. The summed E-state index contributed by atoms with van der Waals surface area (Å²) in [5.74, 6) is -1.72. The third kappa shape index (κ3) is 4.45. The van der Waals surface area contributed by atoms with E-state index in [2.05, 4.69) is 4.98 Å². The van der Waals surface area contributed by atoms with Gasteiger partial charge < -0.3 is 9.64 Å². The van der Waals surface area contributed by atoms with Gasteiger partial charge in [0.05, 0.1) is 18.4 Å². The van der Waals surface area contributed by atoms with Crippen molar-refractivity contribution in [2.24, 2.45) is 0 Å². The number of carbonyl (C=O) groups excluding carboxylic acids is 2. The van der Waals surface area contributed by atoms with E-state index in [-0.39, 0.29) is 23.9 Å². The van der Waals surface area contributed by atoms with Gasteiger partial charge >= 0.3 is 5.97 Å². The number of rotatable bonds is 6. The lowest BCUT2D eigenvalue weighted by Crippen LogP contribution is -2.37. The number of carbonyl (C=O) groups is 2. The molecule has 0 saturated heterocycles. The summed E-state index contributed by atoms with van der Waals surface area (Å²) < 4.78 is 18.0. The summed E-state index contributed by atoms with van der Waals surface area (Å²) in [6.07, 6.45) is 1.57. The molecule has 0 unspecified atom stereocenters. The molecule has 0 spiro atoms. The molecule has 0 aliphatic heterocycles. The van der Waals surface area contributed by atoms with E-state index in [1.165, 1.54) is 4.90 Å². The number of hydrogen-bond donors (Lipinski definition) is 0. The van der Waals surface area contributed by atoms with Gasteiger partial charge in [-0.05, 0) is 19.4 Å². The zero-order valence-electron chi connectivity index (χ0n) is 11.4. The van der Waals surface area contributed by atoms with Gasteiger partial charge in [-0.25, -0.2) is 9.37 Å². The first-order valence-corrected chi connectivity index (χ1v) is 6.63. The van der Waals surface area contributed by atoms with Crippen molar-refractivity contribution in [1.82, 2.24) is 9.88 Å². The normalized spacial score (nSPS) is 10.2. The molecule has 0 radical (unpaired) electrons. The highest BCUT2D eigenvalue weighted by atomic mass is 35.5. The number of pyridine rings is 1. The van der Waals surface area contributed by atoms with Crippen LogP contribution in [0.15, 0.2) is 12.3 Å². The summed E-state index contributed by atoms with van der Waals surface area (Å²) in [5.41, 5.74) is -0.0654. The fourth-order valence-electron chi connectivity index (χ4n) is 1.63. The predicted molar refractivity (Wildman–Crippen MR) is 72.0 cm³/mol. The third-order valence-corrected chi connectivity index (χ3v) is 2.74. The van der Waals surface area contributed by atoms with E-state index < -0.39 is 17.7 Å². The Labute approximate surface area is 121 Å². The molecule has 0 atom stereocenters. The molecular formula is C13H16ClFN2O3. The van der Waals surface area contributed by atoms with Gasteiger partial charge in [-0.15, -0.1) is 0 Å². The van der Waals surface area contributed by atoms with Crippen molar-refractivity contribution in [3.63, 3.8) is 0 Å². The van der Waals surface area contributed by atoms with Crippen molar-refractivity contribution in [2.45, 2.75) is 20.3 Å². The number of esters is 1. The number of halogens is 2. The van der Waals surface area contributed by atoms with E-state index in [1.54, 1.807) is 6.92 Å². The molecule has 0 aromatic carbocycles. The minimum atomic E-state index is -0.662. The monoisotopic (exact) mass is 302 g/mol. The molecule has 0 fully saturated rings. The summed E-state index contributed by atoms with van der Waals surface area (Å²) in [6, 6.07) is 1.01. The zero-order chi connectivity index (χ0) is 15.1. The van der Waals surface area contributed by atoms with Crippen LogP contribution in [0.25, 0.3) is 0 Å². The molecule has 0 aliphatic rings. The molecule has 20 heavy (non-hydrogen) atoms. The maximum atomic E-state index is 13.2. The average Bonchev–Trinajstić information content (AvgIpc) is 2.40. The smallest absolute Gasteiger partial charge is 0.325 e. The summed E-state index contributed by atoms with van der Waals surface area (Å²) in [5, 5.41) is -0.0960. The van der Waals surface area contributed by atoms with Crippen LogP contribution < -0.4 is 0 Å². The van der Waals surface area contributed by atoms with Crippen molar-refractivity contribution in [1.29, 1.82) is 0 Å². The first-order chi connectivity index (χ1) is 9.49. The minimum absolute atomic E-state index is 0.0654. The zero-order valence-corrected chi connectivity index (χ0v) is 12.1. The Hall–Kier alpha value is -1.69. The summed E-state index contributed by atoms with van der Waals surface area (Å²) in [4.78, 5) is 28.6. The van der Waals surface area contributed by atoms with Crippen molar-refractivity contribution < 1.29 is 18.7 Å². The molecule has 0 N–H and O–H groups in total. The predicted octanol–water partition coefficient (Wildman–Crippen LogP) is 2.29. The Kier molecular flexibility index (Phi) is 6.38. The summed E-state index contributed by atoms with van der Waals surface area (Å²) in [7, 11) is 0. The van der Waals surface area contributed by atoms with Crippen LogP contribution in [-0.4, -0.2) is 41.5 Å². The second kappa shape index (κ2) is 7.79. The number of ether oxygens (including phenoxy) is 1. The van der Waals surface area contributed by atoms with E-state index in [0.717, 1.165) is 12.3 Å². The molecule has 1 aromatic heterocycles. The largest absolute Gasteiger partial charge is 0.465 e. The van der Waals surface area contributed by atoms with Crippen LogP contribution in [0.1, 0.15) is 30.6 Å². The SMILES string of the molecule is CCCN(CC(=O)OCC)C(=O)c1cc(F)cnc1Cl. The highest BCUT2D eigenvalue weighted by Gasteiger charge is 2.22. The van der Waals surface area contributed by atoms with E-state index in [4.69, 9.17) is 16.3 Å². The van der Waals surface area contributed by atoms with E-state index in [0.29, 0.717) is 13.0 Å². The molecule has 7 heteroatoms. The number of aromatic nitrogens is 1. The van der Waals surface area contributed by atoms with Crippen LogP contribution in [0.3, 0.4) is 0 Å². The number of amides is 1. The lowest BCUT2D eigenvalue weighted by molar-refractivity contribution is -0.143. The standard InChI is InChI=1S/C13H16ClFN2O3/c1-3-5-17(8-11(18)20-4-2)13(19)10-6-9(15)7-16-12(10)14/h6-7H,3-5,8H2,1-2H3. The molecular weight excluding hydrogens is 287 g/mol. The van der Waals surface area contributed by atoms with Crippen molar-refractivity contribution in [2.75, 3.05) is 19.7 Å². The highest BCUT2D eigenvalue weighted by molar-refractivity contribution is 6.32. The summed E-state index contributed by atoms with van der Waals surface area (Å²) in [6.45, 7) is 3.90. The molecule has 0 saturated carbocycles. The molecule has 1 rings (SSSR count). The fraction of sp³-hybridized carbons (Fsp3) is 0.462. The van der Waals surface area contributed by atoms with E-state index >= 15 is 0 Å². The average molecular weight is 303 g/mol. The van der Waals surface area contributed by atoms with Gasteiger partial charge in [0.15, 0.2) is 0 Å². The molecule has 1 aromatic rings. The first-order valence-electron chi connectivity index (χ1n) is 6.25. The van der Waals surface area contributed by atoms with Gasteiger partial charge in [0.1, 0.15) is 17.5 Å². The molecule has 5 nitrogen and oxygen atoms in total. The van der Waals surface area contributed by atoms with Crippen molar-refractivity contribution >= 4 is 23.5 Å². The maximum absolute atomic E-state index is 13.2. The summed E-state index contributed by atoms with van der Waals surface area (Å²) >= 11 is 5.79. The molecule has 0 bridgehead atoms. The number of nitrogens with zero attached hydrogens (tertiary/aromatic N) is 2. The Bertz CT molecular complexity index is 497.